The van der Waals surface area contributed by atoms with Crippen molar-refractivity contribution in [2.24, 2.45) is 0 Å². The predicted molar refractivity (Wildman–Crippen MR) is 63.5 cm³/mol. The fraction of sp³-hybridized carbons (Fsp3) is 1.00. The number of hydrogen-bond donors (Lipinski definition) is 2. The van der Waals surface area contributed by atoms with Crippen molar-refractivity contribution < 1.29 is 19.7 Å². The van der Waals surface area contributed by atoms with Crippen molar-refractivity contribution in [1.82, 2.24) is 0 Å². The average molecular weight is 234 g/mol. The van der Waals surface area contributed by atoms with Crippen LogP contribution in [0.15, 0.2) is 0 Å². The highest BCUT2D eigenvalue weighted by molar-refractivity contribution is 4.69. The molecule has 0 spiro atoms. The lowest BCUT2D eigenvalue weighted by Crippen LogP contribution is -2.38. The van der Waals surface area contributed by atoms with Gasteiger partial charge in [0.15, 0.2) is 0 Å². The van der Waals surface area contributed by atoms with Crippen LogP contribution < -0.4 is 0 Å². The number of hydrogen-bond acceptors (Lipinski definition) is 4. The van der Waals surface area contributed by atoms with Crippen LogP contribution in [0.4, 0.5) is 0 Å². The van der Waals surface area contributed by atoms with Crippen molar-refractivity contribution in [2.45, 2.75) is 51.7 Å². The smallest absolute Gasteiger partial charge is 0.109 e. The van der Waals surface area contributed by atoms with Crippen LogP contribution in [0.25, 0.3) is 0 Å². The molecular weight excluding hydrogens is 208 g/mol. The molecule has 0 rings (SSSR count). The van der Waals surface area contributed by atoms with E-state index in [2.05, 4.69) is 13.8 Å². The summed E-state index contributed by atoms with van der Waals surface area (Å²) in [7, 11) is 0. The van der Waals surface area contributed by atoms with Crippen molar-refractivity contribution in [2.75, 3.05) is 26.4 Å². The second kappa shape index (κ2) is 11.3. The molecule has 0 unspecified atom stereocenters. The van der Waals surface area contributed by atoms with Crippen LogP contribution in [-0.2, 0) is 9.47 Å². The summed E-state index contributed by atoms with van der Waals surface area (Å²) in [5.41, 5.74) is 0. The standard InChI is InChI=1S/C12H26O4/c1-3-5-7-15-11(9-13)12(10-14)16-8-6-4-2/h11-14H,3-10H2,1-2H3/t11-,12-/m1/s1. The molecule has 4 nitrogen and oxygen atoms in total. The highest BCUT2D eigenvalue weighted by Crippen LogP contribution is 2.06. The van der Waals surface area contributed by atoms with E-state index in [1.54, 1.807) is 0 Å². The van der Waals surface area contributed by atoms with Crippen LogP contribution >= 0.6 is 0 Å². The van der Waals surface area contributed by atoms with Gasteiger partial charge in [-0.1, -0.05) is 26.7 Å². The first-order valence-corrected chi connectivity index (χ1v) is 6.25. The van der Waals surface area contributed by atoms with Crippen molar-refractivity contribution in [1.29, 1.82) is 0 Å². The van der Waals surface area contributed by atoms with E-state index in [1.807, 2.05) is 0 Å². The van der Waals surface area contributed by atoms with Gasteiger partial charge >= 0.3 is 0 Å². The molecule has 0 heterocycles. The summed E-state index contributed by atoms with van der Waals surface area (Å²) >= 11 is 0. The fourth-order valence-electron chi connectivity index (χ4n) is 1.31. The lowest BCUT2D eigenvalue weighted by Gasteiger charge is -2.24. The van der Waals surface area contributed by atoms with Gasteiger partial charge in [0, 0.05) is 13.2 Å². The molecule has 0 saturated heterocycles. The minimum Gasteiger partial charge on any atom is -0.394 e. The van der Waals surface area contributed by atoms with E-state index in [9.17, 15) is 0 Å². The topological polar surface area (TPSA) is 58.9 Å². The van der Waals surface area contributed by atoms with Crippen LogP contribution in [0.3, 0.4) is 0 Å². The second-order valence-electron chi connectivity index (χ2n) is 3.89. The molecule has 0 aromatic carbocycles. The Kier molecular flexibility index (Phi) is 11.2. The van der Waals surface area contributed by atoms with E-state index >= 15 is 0 Å². The molecule has 0 aliphatic rings. The Balaban J connectivity index is 3.85. The zero-order valence-corrected chi connectivity index (χ0v) is 10.5. The Labute approximate surface area is 98.6 Å². The summed E-state index contributed by atoms with van der Waals surface area (Å²) in [6, 6.07) is 0. The van der Waals surface area contributed by atoms with Gasteiger partial charge in [0.25, 0.3) is 0 Å². The van der Waals surface area contributed by atoms with Gasteiger partial charge in [-0.15, -0.1) is 0 Å². The molecule has 0 aromatic heterocycles. The highest BCUT2D eigenvalue weighted by Gasteiger charge is 2.21. The average Bonchev–Trinajstić information content (AvgIpc) is 2.31. The van der Waals surface area contributed by atoms with Gasteiger partial charge in [0.2, 0.25) is 0 Å². The summed E-state index contributed by atoms with van der Waals surface area (Å²) < 4.78 is 11.0. The third-order valence-corrected chi connectivity index (χ3v) is 2.43. The predicted octanol–water partition coefficient (Wildman–Crippen LogP) is 1.34. The van der Waals surface area contributed by atoms with E-state index in [4.69, 9.17) is 19.7 Å². The number of rotatable bonds is 11. The lowest BCUT2D eigenvalue weighted by molar-refractivity contribution is -0.109. The van der Waals surface area contributed by atoms with Gasteiger partial charge in [0.1, 0.15) is 12.2 Å². The molecule has 0 saturated carbocycles. The van der Waals surface area contributed by atoms with Crippen molar-refractivity contribution >= 4 is 0 Å². The second-order valence-corrected chi connectivity index (χ2v) is 3.89. The Hall–Kier alpha value is -0.160. The maximum absolute atomic E-state index is 9.17. The van der Waals surface area contributed by atoms with Gasteiger partial charge < -0.3 is 19.7 Å². The van der Waals surface area contributed by atoms with E-state index in [-0.39, 0.29) is 13.2 Å². The maximum atomic E-state index is 9.17. The van der Waals surface area contributed by atoms with Crippen LogP contribution in [-0.4, -0.2) is 48.8 Å². The highest BCUT2D eigenvalue weighted by atomic mass is 16.6. The zero-order chi connectivity index (χ0) is 12.2. The lowest BCUT2D eigenvalue weighted by atomic mass is 10.2. The molecule has 0 fully saturated rings. The van der Waals surface area contributed by atoms with Gasteiger partial charge in [-0.3, -0.25) is 0 Å². The monoisotopic (exact) mass is 234 g/mol. The quantitative estimate of drug-likeness (QED) is 0.530. The van der Waals surface area contributed by atoms with Crippen LogP contribution in [0, 0.1) is 0 Å². The summed E-state index contributed by atoms with van der Waals surface area (Å²) in [5, 5.41) is 18.3. The third kappa shape index (κ3) is 7.17. The molecule has 2 N–H and O–H groups in total. The van der Waals surface area contributed by atoms with Gasteiger partial charge in [-0.05, 0) is 12.8 Å². The molecular formula is C12H26O4. The first kappa shape index (κ1) is 15.8. The fourth-order valence-corrected chi connectivity index (χ4v) is 1.31. The minimum absolute atomic E-state index is 0.110. The summed E-state index contributed by atoms with van der Waals surface area (Å²) in [6.07, 6.45) is 3.21. The van der Waals surface area contributed by atoms with Crippen LogP contribution in [0.2, 0.25) is 0 Å². The Bertz CT molecular complexity index is 125. The van der Waals surface area contributed by atoms with Crippen molar-refractivity contribution in [3.8, 4) is 0 Å². The summed E-state index contributed by atoms with van der Waals surface area (Å²) in [6.45, 7) is 5.16. The molecule has 0 amide bonds. The molecule has 0 radical (unpaired) electrons. The molecule has 0 bridgehead atoms. The van der Waals surface area contributed by atoms with Gasteiger partial charge in [0.05, 0.1) is 13.2 Å². The number of ether oxygens (including phenoxy) is 2. The third-order valence-electron chi connectivity index (χ3n) is 2.43. The molecule has 0 aliphatic heterocycles. The van der Waals surface area contributed by atoms with E-state index < -0.39 is 12.2 Å². The zero-order valence-electron chi connectivity index (χ0n) is 10.5. The number of aliphatic hydroxyl groups is 2. The largest absolute Gasteiger partial charge is 0.394 e. The van der Waals surface area contributed by atoms with Gasteiger partial charge in [-0.25, -0.2) is 0 Å². The van der Waals surface area contributed by atoms with Gasteiger partial charge in [-0.2, -0.15) is 0 Å². The van der Waals surface area contributed by atoms with E-state index in [0.717, 1.165) is 25.7 Å². The first-order chi connectivity index (χ1) is 7.79. The first-order valence-electron chi connectivity index (χ1n) is 6.25. The molecule has 0 aromatic rings. The normalized spacial score (nSPS) is 15.0. The minimum atomic E-state index is -0.409. The van der Waals surface area contributed by atoms with E-state index in [1.165, 1.54) is 0 Å². The molecule has 4 heteroatoms. The summed E-state index contributed by atoms with van der Waals surface area (Å²) in [4.78, 5) is 0. The molecule has 2 atom stereocenters. The maximum Gasteiger partial charge on any atom is 0.109 e. The molecule has 98 valence electrons. The Morgan fingerprint density at radius 1 is 0.812 bits per heavy atom. The van der Waals surface area contributed by atoms with Crippen molar-refractivity contribution in [3.05, 3.63) is 0 Å². The molecule has 16 heavy (non-hydrogen) atoms. The van der Waals surface area contributed by atoms with E-state index in [0.29, 0.717) is 13.2 Å². The summed E-state index contributed by atoms with van der Waals surface area (Å²) in [5.74, 6) is 0. The Morgan fingerprint density at radius 2 is 1.19 bits per heavy atom. The van der Waals surface area contributed by atoms with Crippen molar-refractivity contribution in [3.63, 3.8) is 0 Å². The number of unbranched alkanes of at least 4 members (excludes halogenated alkanes) is 2. The number of aliphatic hydroxyl groups excluding tert-OH is 2. The molecule has 0 aliphatic carbocycles. The van der Waals surface area contributed by atoms with Crippen LogP contribution in [0.1, 0.15) is 39.5 Å². The van der Waals surface area contributed by atoms with Crippen LogP contribution in [0.5, 0.6) is 0 Å². The Morgan fingerprint density at radius 3 is 1.44 bits per heavy atom. The SMILES string of the molecule is CCCCO[C@H](CO)[C@@H](CO)OCCCC.